The van der Waals surface area contributed by atoms with Crippen LogP contribution in [0.1, 0.15) is 17.3 Å². The average Bonchev–Trinajstić information content (AvgIpc) is 2.62. The zero-order chi connectivity index (χ0) is 18.4. The Kier molecular flexibility index (Phi) is 5.94. The molecule has 0 heterocycles. The molecule has 0 radical (unpaired) electrons. The van der Waals surface area contributed by atoms with Gasteiger partial charge in [-0.05, 0) is 31.2 Å². The van der Waals surface area contributed by atoms with E-state index in [0.717, 1.165) is 0 Å². The van der Waals surface area contributed by atoms with Crippen molar-refractivity contribution in [3.8, 4) is 11.5 Å². The molecule has 1 amide bonds. The van der Waals surface area contributed by atoms with Crippen molar-refractivity contribution < 1.29 is 28.2 Å². The SMILES string of the molecule is COc1cccc(OC)c1C(=O)O[C@@H](C)C(=O)Nc1ccccc1F. The first kappa shape index (κ1) is 18.3. The Morgan fingerprint density at radius 1 is 1.00 bits per heavy atom. The molecule has 25 heavy (non-hydrogen) atoms. The van der Waals surface area contributed by atoms with Gasteiger partial charge in [-0.2, -0.15) is 0 Å². The van der Waals surface area contributed by atoms with Crippen LogP contribution in [0.5, 0.6) is 11.5 Å². The monoisotopic (exact) mass is 347 g/mol. The Hall–Kier alpha value is -3.09. The second kappa shape index (κ2) is 8.14. The minimum absolute atomic E-state index is 0.00488. The highest BCUT2D eigenvalue weighted by atomic mass is 19.1. The van der Waals surface area contributed by atoms with Crippen molar-refractivity contribution in [2.24, 2.45) is 0 Å². The summed E-state index contributed by atoms with van der Waals surface area (Å²) in [5.41, 5.74) is 0.0725. The Morgan fingerprint density at radius 3 is 2.16 bits per heavy atom. The average molecular weight is 347 g/mol. The third-order valence-electron chi connectivity index (χ3n) is 3.42. The van der Waals surface area contributed by atoms with Gasteiger partial charge in [-0.15, -0.1) is 0 Å². The second-order valence-electron chi connectivity index (χ2n) is 5.05. The highest BCUT2D eigenvalue weighted by molar-refractivity contribution is 5.99. The summed E-state index contributed by atoms with van der Waals surface area (Å²) >= 11 is 0. The molecular formula is C18H18FNO5. The lowest BCUT2D eigenvalue weighted by molar-refractivity contribution is -0.123. The molecule has 0 aliphatic rings. The number of esters is 1. The van der Waals surface area contributed by atoms with Gasteiger partial charge in [0.25, 0.3) is 5.91 Å². The number of carbonyl (C=O) groups is 2. The fourth-order valence-corrected chi connectivity index (χ4v) is 2.12. The number of methoxy groups -OCH3 is 2. The van der Waals surface area contributed by atoms with Crippen LogP contribution in [-0.4, -0.2) is 32.2 Å². The van der Waals surface area contributed by atoms with Crippen molar-refractivity contribution in [3.63, 3.8) is 0 Å². The van der Waals surface area contributed by atoms with E-state index in [2.05, 4.69) is 5.32 Å². The van der Waals surface area contributed by atoms with Crippen LogP contribution in [0.2, 0.25) is 0 Å². The number of hydrogen-bond acceptors (Lipinski definition) is 5. The predicted octanol–water partition coefficient (Wildman–Crippen LogP) is 3.03. The van der Waals surface area contributed by atoms with E-state index < -0.39 is 23.8 Å². The van der Waals surface area contributed by atoms with Crippen LogP contribution in [0.25, 0.3) is 0 Å². The van der Waals surface area contributed by atoms with Crippen LogP contribution in [-0.2, 0) is 9.53 Å². The van der Waals surface area contributed by atoms with Gasteiger partial charge in [-0.3, -0.25) is 4.79 Å². The van der Waals surface area contributed by atoms with E-state index in [1.807, 2.05) is 0 Å². The highest BCUT2D eigenvalue weighted by Gasteiger charge is 2.25. The van der Waals surface area contributed by atoms with Crippen LogP contribution in [0, 0.1) is 5.82 Å². The van der Waals surface area contributed by atoms with Gasteiger partial charge in [0.15, 0.2) is 6.10 Å². The lowest BCUT2D eigenvalue weighted by Gasteiger charge is -2.16. The summed E-state index contributed by atoms with van der Waals surface area (Å²) in [5, 5.41) is 2.37. The van der Waals surface area contributed by atoms with Crippen LogP contribution in [0.3, 0.4) is 0 Å². The third-order valence-corrected chi connectivity index (χ3v) is 3.42. The largest absolute Gasteiger partial charge is 0.496 e. The lowest BCUT2D eigenvalue weighted by Crippen LogP contribution is -2.30. The molecule has 6 nitrogen and oxygen atoms in total. The van der Waals surface area contributed by atoms with Gasteiger partial charge >= 0.3 is 5.97 Å². The number of rotatable bonds is 6. The molecule has 1 N–H and O–H groups in total. The molecule has 0 spiro atoms. The molecule has 2 rings (SSSR count). The van der Waals surface area contributed by atoms with Crippen molar-refractivity contribution >= 4 is 17.6 Å². The van der Waals surface area contributed by atoms with Gasteiger partial charge in [-0.1, -0.05) is 18.2 Å². The predicted molar refractivity (Wildman–Crippen MR) is 89.5 cm³/mol. The summed E-state index contributed by atoms with van der Waals surface area (Å²) < 4.78 is 29.0. The second-order valence-corrected chi connectivity index (χ2v) is 5.05. The van der Waals surface area contributed by atoms with Gasteiger partial charge in [0.2, 0.25) is 0 Å². The lowest BCUT2D eigenvalue weighted by atomic mass is 10.1. The van der Waals surface area contributed by atoms with E-state index in [4.69, 9.17) is 14.2 Å². The van der Waals surface area contributed by atoms with Crippen molar-refractivity contribution in [3.05, 3.63) is 53.8 Å². The maximum atomic E-state index is 13.6. The van der Waals surface area contributed by atoms with Crippen LogP contribution in [0.4, 0.5) is 10.1 Å². The molecule has 7 heteroatoms. The van der Waals surface area contributed by atoms with Gasteiger partial charge < -0.3 is 19.5 Å². The fourth-order valence-electron chi connectivity index (χ4n) is 2.12. The number of carbonyl (C=O) groups excluding carboxylic acids is 2. The number of hydrogen-bond donors (Lipinski definition) is 1. The molecule has 0 saturated carbocycles. The Bertz CT molecular complexity index is 756. The van der Waals surface area contributed by atoms with E-state index in [9.17, 15) is 14.0 Å². The molecule has 0 aromatic heterocycles. The number of halogens is 1. The van der Waals surface area contributed by atoms with Gasteiger partial charge in [-0.25, -0.2) is 9.18 Å². The summed E-state index contributed by atoms with van der Waals surface area (Å²) in [6, 6.07) is 10.5. The maximum absolute atomic E-state index is 13.6. The van der Waals surface area contributed by atoms with Gasteiger partial charge in [0.1, 0.15) is 22.9 Å². The number of para-hydroxylation sites is 1. The minimum atomic E-state index is -1.15. The van der Waals surface area contributed by atoms with E-state index in [1.54, 1.807) is 24.3 Å². The Morgan fingerprint density at radius 2 is 1.60 bits per heavy atom. The highest BCUT2D eigenvalue weighted by Crippen LogP contribution is 2.29. The molecule has 0 saturated heterocycles. The molecule has 2 aromatic carbocycles. The van der Waals surface area contributed by atoms with E-state index in [1.165, 1.54) is 39.3 Å². The quantitative estimate of drug-likeness (QED) is 0.813. The zero-order valence-electron chi connectivity index (χ0n) is 14.0. The molecule has 0 aliphatic heterocycles. The number of amides is 1. The van der Waals surface area contributed by atoms with E-state index >= 15 is 0 Å². The molecule has 0 bridgehead atoms. The molecule has 0 aliphatic carbocycles. The van der Waals surface area contributed by atoms with Gasteiger partial charge in [0, 0.05) is 0 Å². The third kappa shape index (κ3) is 4.26. The summed E-state index contributed by atoms with van der Waals surface area (Å²) in [4.78, 5) is 24.5. The van der Waals surface area contributed by atoms with Gasteiger partial charge in [0.05, 0.1) is 19.9 Å². The molecule has 1 atom stereocenters. The molecule has 0 unspecified atom stereocenters. The summed E-state index contributed by atoms with van der Waals surface area (Å²) in [6.07, 6.45) is -1.15. The Labute approximate surface area is 144 Å². The molecule has 2 aromatic rings. The number of ether oxygens (including phenoxy) is 3. The topological polar surface area (TPSA) is 73.9 Å². The summed E-state index contributed by atoms with van der Waals surface area (Å²) in [5.74, 6) is -1.52. The maximum Gasteiger partial charge on any atom is 0.346 e. The van der Waals surface area contributed by atoms with Crippen molar-refractivity contribution in [1.82, 2.24) is 0 Å². The van der Waals surface area contributed by atoms with Crippen LogP contribution < -0.4 is 14.8 Å². The first-order chi connectivity index (χ1) is 12.0. The molecule has 0 fully saturated rings. The zero-order valence-corrected chi connectivity index (χ0v) is 14.0. The molecule has 132 valence electrons. The number of anilines is 1. The van der Waals surface area contributed by atoms with Crippen LogP contribution >= 0.6 is 0 Å². The van der Waals surface area contributed by atoms with Crippen molar-refractivity contribution in [1.29, 1.82) is 0 Å². The van der Waals surface area contributed by atoms with Crippen LogP contribution in [0.15, 0.2) is 42.5 Å². The fraction of sp³-hybridized carbons (Fsp3) is 0.222. The number of benzene rings is 2. The number of nitrogens with one attached hydrogen (secondary N) is 1. The standard InChI is InChI=1S/C18H18FNO5/c1-11(17(21)20-13-8-5-4-7-12(13)19)25-18(22)16-14(23-2)9-6-10-15(16)24-3/h4-11H,1-3H3,(H,20,21)/t11-/m0/s1. The normalized spacial score (nSPS) is 11.4. The minimum Gasteiger partial charge on any atom is -0.496 e. The smallest absolute Gasteiger partial charge is 0.346 e. The molecular weight excluding hydrogens is 329 g/mol. The summed E-state index contributed by atoms with van der Waals surface area (Å²) in [7, 11) is 2.81. The summed E-state index contributed by atoms with van der Waals surface area (Å²) in [6.45, 7) is 1.38. The van der Waals surface area contributed by atoms with Crippen molar-refractivity contribution in [2.75, 3.05) is 19.5 Å². The first-order valence-electron chi connectivity index (χ1n) is 7.45. The van der Waals surface area contributed by atoms with E-state index in [-0.39, 0.29) is 22.7 Å². The Balaban J connectivity index is 2.12. The first-order valence-corrected chi connectivity index (χ1v) is 7.45. The van der Waals surface area contributed by atoms with E-state index in [0.29, 0.717) is 0 Å². The van der Waals surface area contributed by atoms with Crippen molar-refractivity contribution in [2.45, 2.75) is 13.0 Å².